The summed E-state index contributed by atoms with van der Waals surface area (Å²) >= 11 is 5.89. The number of rotatable bonds is 2. The Kier molecular flexibility index (Phi) is 4.05. The van der Waals surface area contributed by atoms with E-state index in [2.05, 4.69) is 15.3 Å². The fraction of sp³-hybridized carbons (Fsp3) is 0.333. The second-order valence-electron chi connectivity index (χ2n) is 5.91. The number of anilines is 3. The SMILES string of the molecule is Cc1c(N)nc(C(C)(C)C)nc1Nc1cc(Cl)ccc1F. The topological polar surface area (TPSA) is 63.8 Å². The molecule has 0 aliphatic carbocycles. The maximum absolute atomic E-state index is 13.8. The largest absolute Gasteiger partial charge is 0.383 e. The van der Waals surface area contributed by atoms with Crippen LogP contribution in [0.4, 0.5) is 21.7 Å². The highest BCUT2D eigenvalue weighted by molar-refractivity contribution is 6.30. The molecule has 3 N–H and O–H groups in total. The molecule has 2 aromatic rings. The lowest BCUT2D eigenvalue weighted by Crippen LogP contribution is -2.19. The molecule has 0 aliphatic heterocycles. The smallest absolute Gasteiger partial charge is 0.146 e. The van der Waals surface area contributed by atoms with Crippen molar-refractivity contribution in [1.29, 1.82) is 0 Å². The molecule has 0 radical (unpaired) electrons. The van der Waals surface area contributed by atoms with Gasteiger partial charge in [-0.05, 0) is 25.1 Å². The summed E-state index contributed by atoms with van der Waals surface area (Å²) in [5, 5.41) is 3.38. The minimum atomic E-state index is -0.409. The Balaban J connectivity index is 2.49. The molecule has 1 aromatic heterocycles. The summed E-state index contributed by atoms with van der Waals surface area (Å²) in [5.41, 5.74) is 6.59. The molecule has 0 atom stereocenters. The van der Waals surface area contributed by atoms with Gasteiger partial charge in [0.2, 0.25) is 0 Å². The zero-order valence-corrected chi connectivity index (χ0v) is 13.2. The molecule has 4 nitrogen and oxygen atoms in total. The minimum Gasteiger partial charge on any atom is -0.383 e. The van der Waals surface area contributed by atoms with Crippen molar-refractivity contribution in [1.82, 2.24) is 9.97 Å². The van der Waals surface area contributed by atoms with Gasteiger partial charge < -0.3 is 11.1 Å². The van der Waals surface area contributed by atoms with E-state index in [-0.39, 0.29) is 11.1 Å². The van der Waals surface area contributed by atoms with Crippen molar-refractivity contribution in [3.05, 3.63) is 40.4 Å². The van der Waals surface area contributed by atoms with Gasteiger partial charge in [-0.3, -0.25) is 0 Å². The third-order valence-corrected chi connectivity index (χ3v) is 3.27. The number of nitrogens with two attached hydrogens (primary N) is 1. The average molecular weight is 309 g/mol. The van der Waals surface area contributed by atoms with Gasteiger partial charge in [0.1, 0.15) is 23.3 Å². The third-order valence-electron chi connectivity index (χ3n) is 3.04. The Morgan fingerprint density at radius 2 is 1.90 bits per heavy atom. The fourth-order valence-electron chi connectivity index (χ4n) is 1.71. The predicted octanol–water partition coefficient (Wildman–Crippen LogP) is 4.20. The van der Waals surface area contributed by atoms with E-state index in [4.69, 9.17) is 17.3 Å². The predicted molar refractivity (Wildman–Crippen MR) is 84.6 cm³/mol. The number of benzene rings is 1. The summed E-state index contributed by atoms with van der Waals surface area (Å²) in [5.74, 6) is 1.04. The first-order valence-electron chi connectivity index (χ1n) is 6.55. The van der Waals surface area contributed by atoms with Crippen LogP contribution in [0.3, 0.4) is 0 Å². The van der Waals surface area contributed by atoms with E-state index >= 15 is 0 Å². The maximum atomic E-state index is 13.8. The molecule has 0 unspecified atom stereocenters. The van der Waals surface area contributed by atoms with Crippen molar-refractivity contribution in [3.63, 3.8) is 0 Å². The van der Waals surface area contributed by atoms with Crippen molar-refractivity contribution >= 4 is 28.9 Å². The van der Waals surface area contributed by atoms with Gasteiger partial charge in [0.15, 0.2) is 0 Å². The number of hydrogen-bond donors (Lipinski definition) is 2. The van der Waals surface area contributed by atoms with Gasteiger partial charge in [-0.2, -0.15) is 0 Å². The van der Waals surface area contributed by atoms with Crippen LogP contribution in [0, 0.1) is 12.7 Å². The first kappa shape index (κ1) is 15.5. The van der Waals surface area contributed by atoms with Crippen LogP contribution in [0.15, 0.2) is 18.2 Å². The quantitative estimate of drug-likeness (QED) is 0.872. The molecule has 2 rings (SSSR count). The Hall–Kier alpha value is -1.88. The second-order valence-corrected chi connectivity index (χ2v) is 6.34. The van der Waals surface area contributed by atoms with Gasteiger partial charge >= 0.3 is 0 Å². The average Bonchev–Trinajstić information content (AvgIpc) is 2.37. The lowest BCUT2D eigenvalue weighted by Gasteiger charge is -2.20. The van der Waals surface area contributed by atoms with E-state index in [1.807, 2.05) is 20.8 Å². The number of aromatic nitrogens is 2. The Morgan fingerprint density at radius 3 is 2.52 bits per heavy atom. The summed E-state index contributed by atoms with van der Waals surface area (Å²) in [7, 11) is 0. The molecule has 21 heavy (non-hydrogen) atoms. The third kappa shape index (κ3) is 3.42. The van der Waals surface area contributed by atoms with E-state index in [0.29, 0.717) is 28.0 Å². The number of halogens is 2. The zero-order valence-electron chi connectivity index (χ0n) is 12.5. The molecule has 0 amide bonds. The summed E-state index contributed by atoms with van der Waals surface area (Å²) in [6.45, 7) is 7.75. The first-order valence-corrected chi connectivity index (χ1v) is 6.93. The van der Waals surface area contributed by atoms with Crippen LogP contribution in [0.25, 0.3) is 0 Å². The Bertz CT molecular complexity index is 680. The standard InChI is InChI=1S/C15H18ClFN4/c1-8-12(18)20-14(15(2,3)4)21-13(8)19-11-7-9(16)5-6-10(11)17/h5-7H,1-4H3,(H3,18,19,20,21). The van der Waals surface area contributed by atoms with E-state index in [1.54, 1.807) is 6.92 Å². The van der Waals surface area contributed by atoms with Crippen molar-refractivity contribution < 1.29 is 4.39 Å². The number of nitrogens with one attached hydrogen (secondary N) is 1. The van der Waals surface area contributed by atoms with Crippen LogP contribution in [0.1, 0.15) is 32.2 Å². The van der Waals surface area contributed by atoms with Gasteiger partial charge in [0.25, 0.3) is 0 Å². The van der Waals surface area contributed by atoms with Crippen LogP contribution in [0.5, 0.6) is 0 Å². The summed E-state index contributed by atoms with van der Waals surface area (Å²) in [6.07, 6.45) is 0. The minimum absolute atomic E-state index is 0.253. The molecule has 6 heteroatoms. The maximum Gasteiger partial charge on any atom is 0.146 e. The van der Waals surface area contributed by atoms with Crippen LogP contribution in [-0.2, 0) is 5.41 Å². The van der Waals surface area contributed by atoms with E-state index < -0.39 is 5.82 Å². The summed E-state index contributed by atoms with van der Waals surface area (Å²) < 4.78 is 13.8. The highest BCUT2D eigenvalue weighted by Gasteiger charge is 2.20. The van der Waals surface area contributed by atoms with Gasteiger partial charge in [-0.15, -0.1) is 0 Å². The summed E-state index contributed by atoms with van der Waals surface area (Å²) in [6, 6.07) is 4.30. The van der Waals surface area contributed by atoms with E-state index in [0.717, 1.165) is 0 Å². The molecular formula is C15H18ClFN4. The van der Waals surface area contributed by atoms with Gasteiger partial charge in [-0.25, -0.2) is 14.4 Å². The highest BCUT2D eigenvalue weighted by Crippen LogP contribution is 2.28. The number of nitrogens with zero attached hydrogens (tertiary/aromatic N) is 2. The fourth-order valence-corrected chi connectivity index (χ4v) is 1.88. The van der Waals surface area contributed by atoms with Crippen LogP contribution < -0.4 is 11.1 Å². The van der Waals surface area contributed by atoms with Gasteiger partial charge in [-0.1, -0.05) is 32.4 Å². The molecule has 112 valence electrons. The summed E-state index contributed by atoms with van der Waals surface area (Å²) in [4.78, 5) is 8.75. The zero-order chi connectivity index (χ0) is 15.8. The molecule has 1 aromatic carbocycles. The van der Waals surface area contributed by atoms with Crippen LogP contribution >= 0.6 is 11.6 Å². The Labute approximate surface area is 128 Å². The molecule has 0 bridgehead atoms. The van der Waals surface area contributed by atoms with Crippen LogP contribution in [0.2, 0.25) is 5.02 Å². The normalized spacial score (nSPS) is 11.5. The highest BCUT2D eigenvalue weighted by atomic mass is 35.5. The Morgan fingerprint density at radius 1 is 1.24 bits per heavy atom. The first-order chi connectivity index (χ1) is 9.68. The molecule has 0 spiro atoms. The van der Waals surface area contributed by atoms with Crippen molar-refractivity contribution in [2.24, 2.45) is 0 Å². The van der Waals surface area contributed by atoms with Crippen molar-refractivity contribution in [3.8, 4) is 0 Å². The number of nitrogen functional groups attached to an aromatic ring is 1. The van der Waals surface area contributed by atoms with E-state index in [1.165, 1.54) is 18.2 Å². The van der Waals surface area contributed by atoms with Crippen LogP contribution in [-0.4, -0.2) is 9.97 Å². The second kappa shape index (κ2) is 5.48. The molecule has 0 fully saturated rings. The van der Waals surface area contributed by atoms with Gasteiger partial charge in [0.05, 0.1) is 5.69 Å². The molecule has 0 saturated carbocycles. The molecule has 0 saturated heterocycles. The molecule has 1 heterocycles. The lowest BCUT2D eigenvalue weighted by molar-refractivity contribution is 0.546. The molecule has 0 aliphatic rings. The van der Waals surface area contributed by atoms with E-state index in [9.17, 15) is 4.39 Å². The lowest BCUT2D eigenvalue weighted by atomic mass is 9.95. The number of hydrogen-bond acceptors (Lipinski definition) is 4. The van der Waals surface area contributed by atoms with Crippen molar-refractivity contribution in [2.45, 2.75) is 33.1 Å². The van der Waals surface area contributed by atoms with Gasteiger partial charge in [0, 0.05) is 16.0 Å². The molecular weight excluding hydrogens is 291 g/mol. The monoisotopic (exact) mass is 308 g/mol. The van der Waals surface area contributed by atoms with Crippen molar-refractivity contribution in [2.75, 3.05) is 11.1 Å².